The molecule has 5 heteroatoms. The number of fused-ring (bicyclic) bond motifs is 1. The lowest BCUT2D eigenvalue weighted by molar-refractivity contribution is 0.573. The molecule has 1 aliphatic heterocycles. The number of nitrogens with zero attached hydrogens (tertiary/aromatic N) is 2. The summed E-state index contributed by atoms with van der Waals surface area (Å²) in [7, 11) is 0. The molecule has 1 fully saturated rings. The van der Waals surface area contributed by atoms with Crippen LogP contribution in [0.25, 0.3) is 0 Å². The van der Waals surface area contributed by atoms with Gasteiger partial charge in [0.2, 0.25) is 0 Å². The van der Waals surface area contributed by atoms with Gasteiger partial charge in [0.15, 0.2) is 5.13 Å². The Morgan fingerprint density at radius 2 is 2.35 bits per heavy atom. The molecule has 0 saturated carbocycles. The Morgan fingerprint density at radius 1 is 1.47 bits per heavy atom. The molecule has 2 unspecified atom stereocenters. The van der Waals surface area contributed by atoms with E-state index < -0.39 is 0 Å². The Hall–Kier alpha value is -0.260. The van der Waals surface area contributed by atoms with Crippen LogP contribution < -0.4 is 10.6 Å². The maximum Gasteiger partial charge on any atom is 0.186 e. The van der Waals surface area contributed by atoms with Crippen LogP contribution in [0.1, 0.15) is 36.4 Å². The minimum Gasteiger partial charge on any atom is -0.344 e. The van der Waals surface area contributed by atoms with Gasteiger partial charge in [0, 0.05) is 35.0 Å². The van der Waals surface area contributed by atoms with Crippen molar-refractivity contribution in [2.24, 2.45) is 5.73 Å². The van der Waals surface area contributed by atoms with E-state index in [1.165, 1.54) is 33.6 Å². The molecule has 0 aromatic carbocycles. The highest BCUT2D eigenvalue weighted by atomic mass is 32.2. The van der Waals surface area contributed by atoms with Crippen molar-refractivity contribution in [2.75, 3.05) is 23.0 Å². The van der Waals surface area contributed by atoms with Crippen LogP contribution >= 0.6 is 23.1 Å². The molecule has 2 heterocycles. The van der Waals surface area contributed by atoms with Crippen LogP contribution in [-0.2, 0) is 6.42 Å². The summed E-state index contributed by atoms with van der Waals surface area (Å²) in [5.41, 5.74) is 7.44. The highest BCUT2D eigenvalue weighted by Crippen LogP contribution is 2.37. The zero-order chi connectivity index (χ0) is 11.8. The number of thioether (sulfide) groups is 1. The van der Waals surface area contributed by atoms with Gasteiger partial charge < -0.3 is 10.6 Å². The molecule has 94 valence electrons. The van der Waals surface area contributed by atoms with Gasteiger partial charge >= 0.3 is 0 Å². The molecule has 0 spiro atoms. The van der Waals surface area contributed by atoms with Crippen molar-refractivity contribution in [3.05, 3.63) is 10.6 Å². The summed E-state index contributed by atoms with van der Waals surface area (Å²) in [5, 5.41) is 1.21. The Bertz CT molecular complexity index is 404. The second kappa shape index (κ2) is 4.78. The third-order valence-electron chi connectivity index (χ3n) is 3.60. The van der Waals surface area contributed by atoms with E-state index in [1.54, 1.807) is 0 Å². The highest BCUT2D eigenvalue weighted by Gasteiger charge is 2.26. The molecule has 2 N–H and O–H groups in total. The summed E-state index contributed by atoms with van der Waals surface area (Å²) in [6.45, 7) is 3.43. The lowest BCUT2D eigenvalue weighted by atomic mass is 9.99. The van der Waals surface area contributed by atoms with Gasteiger partial charge in [-0.15, -0.1) is 0 Å². The summed E-state index contributed by atoms with van der Waals surface area (Å²) < 4.78 is 0. The predicted molar refractivity (Wildman–Crippen MR) is 76.1 cm³/mol. The van der Waals surface area contributed by atoms with Crippen LogP contribution in [0.2, 0.25) is 0 Å². The van der Waals surface area contributed by atoms with Gasteiger partial charge in [-0.05, 0) is 26.2 Å². The normalized spacial score (nSPS) is 29.2. The van der Waals surface area contributed by atoms with E-state index in [9.17, 15) is 0 Å². The van der Waals surface area contributed by atoms with Crippen molar-refractivity contribution < 1.29 is 0 Å². The first-order valence-electron chi connectivity index (χ1n) is 6.35. The Kier molecular flexibility index (Phi) is 3.32. The second-order valence-electron chi connectivity index (χ2n) is 4.92. The first-order valence-corrected chi connectivity index (χ1v) is 8.32. The summed E-state index contributed by atoms with van der Waals surface area (Å²) in [4.78, 5) is 8.64. The first kappa shape index (κ1) is 11.8. The molecule has 0 radical (unpaired) electrons. The minimum absolute atomic E-state index is 0.236. The van der Waals surface area contributed by atoms with Crippen LogP contribution in [0.15, 0.2) is 0 Å². The fourth-order valence-electron chi connectivity index (χ4n) is 2.57. The Morgan fingerprint density at radius 3 is 3.12 bits per heavy atom. The van der Waals surface area contributed by atoms with Gasteiger partial charge in [-0.2, -0.15) is 11.8 Å². The van der Waals surface area contributed by atoms with Crippen LogP contribution in [0.3, 0.4) is 0 Å². The van der Waals surface area contributed by atoms with Crippen molar-refractivity contribution in [1.29, 1.82) is 0 Å². The van der Waals surface area contributed by atoms with E-state index >= 15 is 0 Å². The number of nitrogens with two attached hydrogens (primary N) is 1. The van der Waals surface area contributed by atoms with E-state index in [4.69, 9.17) is 10.7 Å². The number of rotatable bonds is 1. The second-order valence-corrected chi connectivity index (χ2v) is 7.08. The smallest absolute Gasteiger partial charge is 0.186 e. The number of anilines is 1. The van der Waals surface area contributed by atoms with Crippen molar-refractivity contribution in [3.63, 3.8) is 0 Å². The maximum absolute atomic E-state index is 6.17. The SMILES string of the molecule is CC1CSCCN1c1nc2c(s1)C(N)CCC2. The van der Waals surface area contributed by atoms with Crippen molar-refractivity contribution >= 4 is 28.2 Å². The van der Waals surface area contributed by atoms with E-state index in [2.05, 4.69) is 11.8 Å². The molecule has 1 aromatic rings. The third kappa shape index (κ3) is 2.20. The number of hydrogen-bond donors (Lipinski definition) is 1. The monoisotopic (exact) mass is 269 g/mol. The molecule has 1 aromatic heterocycles. The van der Waals surface area contributed by atoms with Gasteiger partial charge in [-0.25, -0.2) is 4.98 Å². The Balaban J connectivity index is 1.88. The van der Waals surface area contributed by atoms with Gasteiger partial charge in [0.1, 0.15) is 0 Å². The number of aryl methyl sites for hydroxylation is 1. The average molecular weight is 269 g/mol. The van der Waals surface area contributed by atoms with Gasteiger partial charge in [0.25, 0.3) is 0 Å². The quantitative estimate of drug-likeness (QED) is 0.850. The third-order valence-corrected chi connectivity index (χ3v) is 6.05. The van der Waals surface area contributed by atoms with Crippen molar-refractivity contribution in [3.8, 4) is 0 Å². The molecule has 3 nitrogen and oxygen atoms in total. The van der Waals surface area contributed by atoms with E-state index in [-0.39, 0.29) is 6.04 Å². The molecule has 0 amide bonds. The van der Waals surface area contributed by atoms with Crippen LogP contribution in [0, 0.1) is 0 Å². The predicted octanol–water partition coefficient (Wildman–Crippen LogP) is 2.42. The molecular weight excluding hydrogens is 250 g/mol. The van der Waals surface area contributed by atoms with E-state index in [0.717, 1.165) is 19.4 Å². The average Bonchev–Trinajstić information content (AvgIpc) is 2.75. The topological polar surface area (TPSA) is 42.2 Å². The molecule has 0 bridgehead atoms. The van der Waals surface area contributed by atoms with E-state index in [0.29, 0.717) is 6.04 Å². The largest absolute Gasteiger partial charge is 0.344 e. The summed E-state index contributed by atoms with van der Waals surface area (Å²) >= 11 is 3.88. The lowest BCUT2D eigenvalue weighted by Crippen LogP contribution is -2.40. The standard InChI is InChI=1S/C12H19N3S2/c1-8-7-16-6-5-15(8)12-14-10-4-2-3-9(13)11(10)17-12/h8-9H,2-7,13H2,1H3. The van der Waals surface area contributed by atoms with Crippen LogP contribution in [0.5, 0.6) is 0 Å². The molecule has 2 atom stereocenters. The van der Waals surface area contributed by atoms with Gasteiger partial charge in [-0.1, -0.05) is 11.3 Å². The minimum atomic E-state index is 0.236. The molecular formula is C12H19N3S2. The summed E-state index contributed by atoms with van der Waals surface area (Å²) in [5.74, 6) is 2.44. The maximum atomic E-state index is 6.17. The number of thiazole rings is 1. The molecule has 17 heavy (non-hydrogen) atoms. The summed E-state index contributed by atoms with van der Waals surface area (Å²) in [6, 6.07) is 0.844. The van der Waals surface area contributed by atoms with Crippen molar-refractivity contribution in [2.45, 2.75) is 38.3 Å². The Labute approximate surface area is 111 Å². The first-order chi connectivity index (χ1) is 8.25. The number of aromatic nitrogens is 1. The van der Waals surface area contributed by atoms with Gasteiger partial charge in [0.05, 0.1) is 5.69 Å². The lowest BCUT2D eigenvalue weighted by Gasteiger charge is -2.32. The molecule has 1 aliphatic carbocycles. The zero-order valence-corrected chi connectivity index (χ0v) is 11.8. The van der Waals surface area contributed by atoms with Crippen LogP contribution in [-0.4, -0.2) is 29.1 Å². The zero-order valence-electron chi connectivity index (χ0n) is 10.2. The van der Waals surface area contributed by atoms with E-state index in [1.807, 2.05) is 23.1 Å². The molecule has 2 aliphatic rings. The molecule has 1 saturated heterocycles. The highest BCUT2D eigenvalue weighted by molar-refractivity contribution is 7.99. The fourth-order valence-corrected chi connectivity index (χ4v) is 4.86. The van der Waals surface area contributed by atoms with Crippen LogP contribution in [0.4, 0.5) is 5.13 Å². The number of hydrogen-bond acceptors (Lipinski definition) is 5. The summed E-state index contributed by atoms with van der Waals surface area (Å²) in [6.07, 6.45) is 3.44. The molecule has 3 rings (SSSR count). The fraction of sp³-hybridized carbons (Fsp3) is 0.750. The van der Waals surface area contributed by atoms with Gasteiger partial charge in [-0.3, -0.25) is 0 Å². The van der Waals surface area contributed by atoms with Crippen molar-refractivity contribution in [1.82, 2.24) is 4.98 Å².